The molecule has 118 valence electrons. The van der Waals surface area contributed by atoms with Crippen LogP contribution in [0.5, 0.6) is 0 Å². The van der Waals surface area contributed by atoms with E-state index in [1.165, 1.54) is 0 Å². The van der Waals surface area contributed by atoms with E-state index in [2.05, 4.69) is 10.1 Å². The Hall–Kier alpha value is -1.73. The summed E-state index contributed by atoms with van der Waals surface area (Å²) in [7, 11) is 3.65. The molecule has 22 heavy (non-hydrogen) atoms. The van der Waals surface area contributed by atoms with E-state index >= 15 is 0 Å². The number of hydrogen-bond donors (Lipinski definition) is 0. The summed E-state index contributed by atoms with van der Waals surface area (Å²) in [6, 6.07) is 0. The monoisotopic (exact) mass is 320 g/mol. The smallest absolute Gasteiger partial charge is 0.257 e. The Morgan fingerprint density at radius 3 is 3.05 bits per heavy atom. The first-order valence-corrected chi connectivity index (χ1v) is 8.20. The van der Waals surface area contributed by atoms with Gasteiger partial charge in [-0.25, -0.2) is 4.98 Å². The van der Waals surface area contributed by atoms with Gasteiger partial charge in [-0.05, 0) is 13.3 Å². The maximum absolute atomic E-state index is 12.8. The first-order valence-electron chi connectivity index (χ1n) is 7.32. The average Bonchev–Trinajstić information content (AvgIpc) is 3.18. The molecule has 0 spiro atoms. The van der Waals surface area contributed by atoms with Crippen molar-refractivity contribution in [3.05, 3.63) is 33.5 Å². The number of amides is 1. The molecule has 0 unspecified atom stereocenters. The van der Waals surface area contributed by atoms with Crippen LogP contribution >= 0.6 is 11.3 Å². The van der Waals surface area contributed by atoms with Gasteiger partial charge in [0.2, 0.25) is 0 Å². The van der Waals surface area contributed by atoms with Gasteiger partial charge < -0.3 is 9.64 Å². The van der Waals surface area contributed by atoms with Crippen molar-refractivity contribution < 1.29 is 9.53 Å². The van der Waals surface area contributed by atoms with E-state index in [0.29, 0.717) is 18.7 Å². The van der Waals surface area contributed by atoms with E-state index < -0.39 is 0 Å². The predicted molar refractivity (Wildman–Crippen MR) is 84.0 cm³/mol. The van der Waals surface area contributed by atoms with Crippen LogP contribution in [0, 0.1) is 6.92 Å². The molecule has 0 aromatic carbocycles. The summed E-state index contributed by atoms with van der Waals surface area (Å²) in [4.78, 5) is 18.9. The van der Waals surface area contributed by atoms with Gasteiger partial charge in [-0.15, -0.1) is 11.3 Å². The highest BCUT2D eigenvalue weighted by Crippen LogP contribution is 2.27. The van der Waals surface area contributed by atoms with Crippen LogP contribution in [0.4, 0.5) is 0 Å². The zero-order valence-corrected chi connectivity index (χ0v) is 13.9. The highest BCUT2D eigenvalue weighted by Gasteiger charge is 2.28. The second-order valence-electron chi connectivity index (χ2n) is 5.68. The molecule has 1 aliphatic heterocycles. The number of hydrogen-bond acceptors (Lipinski definition) is 5. The molecule has 1 aliphatic rings. The number of ether oxygens (including phenoxy) is 1. The SMILES string of the molecule is Cc1nc(CN(C)C(=O)c2cn(C)nc2[C@@H]2CCOC2)cs1. The number of rotatable bonds is 4. The molecule has 2 aromatic heterocycles. The van der Waals surface area contributed by atoms with E-state index in [1.807, 2.05) is 19.4 Å². The Balaban J connectivity index is 1.79. The molecule has 0 aliphatic carbocycles. The Kier molecular flexibility index (Phi) is 4.26. The van der Waals surface area contributed by atoms with Crippen LogP contribution in [0.15, 0.2) is 11.6 Å². The predicted octanol–water partition coefficient (Wildman–Crippen LogP) is 1.96. The highest BCUT2D eigenvalue weighted by molar-refractivity contribution is 7.09. The summed E-state index contributed by atoms with van der Waals surface area (Å²) in [5, 5.41) is 7.49. The second-order valence-corrected chi connectivity index (χ2v) is 6.74. The van der Waals surface area contributed by atoms with Crippen LogP contribution in [0.1, 0.15) is 39.1 Å². The molecule has 1 saturated heterocycles. The summed E-state index contributed by atoms with van der Waals surface area (Å²) in [5.74, 6) is 0.204. The summed E-state index contributed by atoms with van der Waals surface area (Å²) >= 11 is 1.60. The Bertz CT molecular complexity index is 673. The van der Waals surface area contributed by atoms with Gasteiger partial charge in [0, 0.05) is 38.2 Å². The number of aryl methyl sites for hydroxylation is 2. The third kappa shape index (κ3) is 3.05. The summed E-state index contributed by atoms with van der Waals surface area (Å²) in [6.45, 7) is 3.86. The number of thiazole rings is 1. The Labute approximate surface area is 133 Å². The molecule has 1 atom stereocenters. The lowest BCUT2D eigenvalue weighted by Crippen LogP contribution is -2.27. The second kappa shape index (κ2) is 6.18. The zero-order valence-electron chi connectivity index (χ0n) is 13.1. The van der Waals surface area contributed by atoms with Crippen molar-refractivity contribution in [3.63, 3.8) is 0 Å². The minimum absolute atomic E-state index is 0.0133. The Morgan fingerprint density at radius 1 is 1.59 bits per heavy atom. The van der Waals surface area contributed by atoms with E-state index in [4.69, 9.17) is 4.74 Å². The van der Waals surface area contributed by atoms with E-state index in [0.717, 1.165) is 29.4 Å². The fourth-order valence-corrected chi connectivity index (χ4v) is 3.33. The van der Waals surface area contributed by atoms with Gasteiger partial charge in [-0.2, -0.15) is 5.10 Å². The Morgan fingerprint density at radius 2 is 2.41 bits per heavy atom. The highest BCUT2D eigenvalue weighted by atomic mass is 32.1. The van der Waals surface area contributed by atoms with Crippen LogP contribution < -0.4 is 0 Å². The molecular weight excluding hydrogens is 300 g/mol. The first kappa shape index (κ1) is 15.2. The van der Waals surface area contributed by atoms with Gasteiger partial charge in [-0.3, -0.25) is 9.48 Å². The third-order valence-corrected chi connectivity index (χ3v) is 4.64. The largest absolute Gasteiger partial charge is 0.381 e. The lowest BCUT2D eigenvalue weighted by molar-refractivity contribution is 0.0781. The van der Waals surface area contributed by atoms with E-state index in [1.54, 1.807) is 34.2 Å². The minimum atomic E-state index is -0.0133. The molecule has 3 rings (SSSR count). The average molecular weight is 320 g/mol. The normalized spacial score (nSPS) is 17.9. The molecule has 1 amide bonds. The van der Waals surface area contributed by atoms with Gasteiger partial charge in [0.25, 0.3) is 5.91 Å². The van der Waals surface area contributed by atoms with E-state index in [9.17, 15) is 4.79 Å². The molecular formula is C15H20N4O2S. The van der Waals surface area contributed by atoms with Crippen molar-refractivity contribution in [2.75, 3.05) is 20.3 Å². The van der Waals surface area contributed by atoms with Gasteiger partial charge in [0.15, 0.2) is 0 Å². The summed E-state index contributed by atoms with van der Waals surface area (Å²) < 4.78 is 7.14. The van der Waals surface area contributed by atoms with Crippen LogP contribution in [-0.4, -0.2) is 45.8 Å². The standard InChI is InChI=1S/C15H20N4O2S/c1-10-16-12(9-22-10)6-18(2)15(20)13-7-19(3)17-14(13)11-4-5-21-8-11/h7,9,11H,4-6,8H2,1-3H3/t11-/m1/s1. The van der Waals surface area contributed by atoms with Crippen LogP contribution in [0.25, 0.3) is 0 Å². The molecule has 6 nitrogen and oxygen atoms in total. The van der Waals surface area contributed by atoms with Crippen molar-refractivity contribution in [2.45, 2.75) is 25.8 Å². The van der Waals surface area contributed by atoms with Crippen LogP contribution in [-0.2, 0) is 18.3 Å². The third-order valence-electron chi connectivity index (χ3n) is 3.82. The topological polar surface area (TPSA) is 60.2 Å². The number of aromatic nitrogens is 3. The van der Waals surface area contributed by atoms with Crippen LogP contribution in [0.2, 0.25) is 0 Å². The fourth-order valence-electron chi connectivity index (χ4n) is 2.72. The molecule has 0 saturated carbocycles. The van der Waals surface area contributed by atoms with Crippen molar-refractivity contribution in [2.24, 2.45) is 7.05 Å². The maximum atomic E-state index is 12.8. The van der Waals surface area contributed by atoms with Gasteiger partial charge in [0.1, 0.15) is 0 Å². The van der Waals surface area contributed by atoms with Gasteiger partial charge >= 0.3 is 0 Å². The van der Waals surface area contributed by atoms with Crippen molar-refractivity contribution in [1.29, 1.82) is 0 Å². The zero-order chi connectivity index (χ0) is 15.7. The molecule has 1 fully saturated rings. The van der Waals surface area contributed by atoms with Crippen molar-refractivity contribution in [3.8, 4) is 0 Å². The lowest BCUT2D eigenvalue weighted by atomic mass is 10.0. The van der Waals surface area contributed by atoms with Crippen LogP contribution in [0.3, 0.4) is 0 Å². The quantitative estimate of drug-likeness (QED) is 0.864. The van der Waals surface area contributed by atoms with E-state index in [-0.39, 0.29) is 11.8 Å². The molecule has 0 bridgehead atoms. The molecule has 3 heterocycles. The van der Waals surface area contributed by atoms with Crippen molar-refractivity contribution in [1.82, 2.24) is 19.7 Å². The maximum Gasteiger partial charge on any atom is 0.257 e. The summed E-state index contributed by atoms with van der Waals surface area (Å²) in [5.41, 5.74) is 2.45. The fraction of sp³-hybridized carbons (Fsp3) is 0.533. The number of carbonyl (C=O) groups is 1. The first-order chi connectivity index (χ1) is 10.5. The van der Waals surface area contributed by atoms with Gasteiger partial charge in [0.05, 0.1) is 35.1 Å². The lowest BCUT2D eigenvalue weighted by Gasteiger charge is -2.16. The molecule has 0 radical (unpaired) electrons. The van der Waals surface area contributed by atoms with Gasteiger partial charge in [-0.1, -0.05) is 0 Å². The molecule has 0 N–H and O–H groups in total. The molecule has 2 aromatic rings. The number of carbonyl (C=O) groups excluding carboxylic acids is 1. The minimum Gasteiger partial charge on any atom is -0.381 e. The number of nitrogens with zero attached hydrogens (tertiary/aromatic N) is 4. The summed E-state index contributed by atoms with van der Waals surface area (Å²) in [6.07, 6.45) is 2.73. The van der Waals surface area contributed by atoms with Crippen molar-refractivity contribution >= 4 is 17.2 Å². The molecule has 7 heteroatoms.